The molecule has 23 heavy (non-hydrogen) atoms. The van der Waals surface area contributed by atoms with Crippen LogP contribution in [0.4, 0.5) is 0 Å². The fraction of sp³-hybridized carbons (Fsp3) is 0.133. The molecule has 0 aliphatic rings. The van der Waals surface area contributed by atoms with Crippen molar-refractivity contribution >= 4 is 54.9 Å². The monoisotopic (exact) mass is 384 g/mol. The first-order valence-electron chi connectivity index (χ1n) is 6.61. The lowest BCUT2D eigenvalue weighted by Crippen LogP contribution is -2.13. The summed E-state index contributed by atoms with van der Waals surface area (Å²) in [6.45, 7) is 0. The van der Waals surface area contributed by atoms with Crippen LogP contribution in [-0.2, 0) is 17.1 Å². The summed E-state index contributed by atoms with van der Waals surface area (Å²) in [4.78, 5) is 1.70. The van der Waals surface area contributed by atoms with Gasteiger partial charge < -0.3 is 4.57 Å². The van der Waals surface area contributed by atoms with Crippen LogP contribution in [-0.4, -0.2) is 19.2 Å². The van der Waals surface area contributed by atoms with Crippen LogP contribution in [0, 0.1) is 0 Å². The van der Waals surface area contributed by atoms with Gasteiger partial charge in [0.25, 0.3) is 10.0 Å². The molecule has 3 aromatic rings. The smallest absolute Gasteiger partial charge is 0.285 e. The molecule has 0 fully saturated rings. The Hall–Kier alpha value is -1.28. The minimum atomic E-state index is -3.77. The van der Waals surface area contributed by atoms with E-state index in [2.05, 4.69) is 4.40 Å². The molecule has 2 aromatic carbocycles. The van der Waals surface area contributed by atoms with E-state index in [4.69, 9.17) is 11.6 Å². The van der Waals surface area contributed by atoms with Gasteiger partial charge in [-0.05, 0) is 48.7 Å². The molecule has 0 amide bonds. The molecule has 0 N–H and O–H groups in total. The van der Waals surface area contributed by atoms with E-state index in [9.17, 15) is 8.42 Å². The maximum Gasteiger partial charge on any atom is 0.285 e. The Morgan fingerprint density at radius 1 is 1.17 bits per heavy atom. The second-order valence-corrected chi connectivity index (χ2v) is 8.73. The number of thiazole rings is 1. The molecular formula is C15H13ClN2O2S3. The molecular weight excluding hydrogens is 372 g/mol. The number of aromatic nitrogens is 1. The van der Waals surface area contributed by atoms with Gasteiger partial charge in [-0.3, -0.25) is 0 Å². The van der Waals surface area contributed by atoms with Crippen molar-refractivity contribution in [3.63, 3.8) is 0 Å². The summed E-state index contributed by atoms with van der Waals surface area (Å²) < 4.78 is 31.7. The SMILES string of the molecule is CSc1ccc2c(c1)s/c(=N\S(=O)(=O)c1ccc(Cl)cc1)n2C. The van der Waals surface area contributed by atoms with E-state index < -0.39 is 10.0 Å². The highest BCUT2D eigenvalue weighted by Crippen LogP contribution is 2.24. The number of fused-ring (bicyclic) bond motifs is 1. The maximum absolute atomic E-state index is 12.4. The fourth-order valence-electron chi connectivity index (χ4n) is 2.09. The van der Waals surface area contributed by atoms with E-state index in [0.717, 1.165) is 15.1 Å². The zero-order valence-electron chi connectivity index (χ0n) is 12.4. The number of aryl methyl sites for hydroxylation is 1. The van der Waals surface area contributed by atoms with Crippen LogP contribution in [0.2, 0.25) is 5.02 Å². The van der Waals surface area contributed by atoms with Crippen molar-refractivity contribution in [2.75, 3.05) is 6.26 Å². The Balaban J connectivity index is 2.16. The van der Waals surface area contributed by atoms with Crippen molar-refractivity contribution in [1.82, 2.24) is 4.57 Å². The lowest BCUT2D eigenvalue weighted by Gasteiger charge is -1.99. The molecule has 0 saturated carbocycles. The van der Waals surface area contributed by atoms with Gasteiger partial charge in [0, 0.05) is 17.0 Å². The molecule has 0 unspecified atom stereocenters. The summed E-state index contributed by atoms with van der Waals surface area (Å²) in [6.07, 6.45) is 2.01. The van der Waals surface area contributed by atoms with Crippen LogP contribution >= 0.6 is 34.7 Å². The molecule has 0 aliphatic heterocycles. The standard InChI is InChI=1S/C15H13ClN2O2S3/c1-18-13-8-5-11(21-2)9-14(13)22-15(18)17-23(19,20)12-6-3-10(16)4-7-12/h3-9H,1-2H3/b17-15-. The van der Waals surface area contributed by atoms with Crippen LogP contribution in [0.25, 0.3) is 10.2 Å². The molecule has 1 heterocycles. The Morgan fingerprint density at radius 2 is 1.87 bits per heavy atom. The fourth-order valence-corrected chi connectivity index (χ4v) is 5.02. The van der Waals surface area contributed by atoms with E-state index >= 15 is 0 Å². The number of benzene rings is 2. The van der Waals surface area contributed by atoms with Gasteiger partial charge in [-0.15, -0.1) is 16.2 Å². The first-order chi connectivity index (χ1) is 10.9. The summed E-state index contributed by atoms with van der Waals surface area (Å²) in [7, 11) is -1.95. The van der Waals surface area contributed by atoms with Crippen LogP contribution in [0.5, 0.6) is 0 Å². The van der Waals surface area contributed by atoms with Gasteiger partial charge in [-0.1, -0.05) is 22.9 Å². The van der Waals surface area contributed by atoms with Crippen LogP contribution in [0.15, 0.2) is 56.7 Å². The van der Waals surface area contributed by atoms with E-state index in [1.807, 2.05) is 31.5 Å². The topological polar surface area (TPSA) is 51.4 Å². The summed E-state index contributed by atoms with van der Waals surface area (Å²) in [6, 6.07) is 12.0. The number of thioether (sulfide) groups is 1. The molecule has 0 aliphatic carbocycles. The zero-order chi connectivity index (χ0) is 16.6. The van der Waals surface area contributed by atoms with Gasteiger partial charge in [0.1, 0.15) is 0 Å². The quantitative estimate of drug-likeness (QED) is 0.643. The Kier molecular flexibility index (Phi) is 4.55. The van der Waals surface area contributed by atoms with Crippen molar-refractivity contribution in [3.05, 3.63) is 52.3 Å². The third-order valence-corrected chi connectivity index (χ3v) is 6.79. The van der Waals surface area contributed by atoms with Crippen molar-refractivity contribution in [2.24, 2.45) is 11.4 Å². The molecule has 8 heteroatoms. The maximum atomic E-state index is 12.4. The minimum absolute atomic E-state index is 0.129. The van der Waals surface area contributed by atoms with Crippen molar-refractivity contribution in [3.8, 4) is 0 Å². The highest BCUT2D eigenvalue weighted by atomic mass is 35.5. The van der Waals surface area contributed by atoms with Crippen LogP contribution in [0.1, 0.15) is 0 Å². The van der Waals surface area contributed by atoms with Gasteiger partial charge in [0.2, 0.25) is 4.80 Å². The Labute approximate surface area is 147 Å². The molecule has 3 rings (SSSR count). The summed E-state index contributed by atoms with van der Waals surface area (Å²) in [5.41, 5.74) is 0.956. The molecule has 1 aromatic heterocycles. The number of hydrogen-bond acceptors (Lipinski definition) is 4. The van der Waals surface area contributed by atoms with E-state index in [1.54, 1.807) is 28.5 Å². The van der Waals surface area contributed by atoms with Gasteiger partial charge >= 0.3 is 0 Å². The predicted molar refractivity (Wildman–Crippen MR) is 96.8 cm³/mol. The average molecular weight is 385 g/mol. The zero-order valence-corrected chi connectivity index (χ0v) is 15.6. The predicted octanol–water partition coefficient (Wildman–Crippen LogP) is 3.90. The second-order valence-electron chi connectivity index (χ2n) is 4.80. The lowest BCUT2D eigenvalue weighted by atomic mass is 10.3. The first-order valence-corrected chi connectivity index (χ1v) is 10.5. The average Bonchev–Trinajstić information content (AvgIpc) is 2.82. The van der Waals surface area contributed by atoms with Gasteiger partial charge in [-0.2, -0.15) is 8.42 Å². The van der Waals surface area contributed by atoms with Crippen molar-refractivity contribution in [2.45, 2.75) is 9.79 Å². The first kappa shape index (κ1) is 16.6. The molecule has 0 radical (unpaired) electrons. The second kappa shape index (κ2) is 6.32. The van der Waals surface area contributed by atoms with Crippen LogP contribution < -0.4 is 4.80 Å². The van der Waals surface area contributed by atoms with Gasteiger partial charge in [0.05, 0.1) is 15.1 Å². The molecule has 4 nitrogen and oxygen atoms in total. The third kappa shape index (κ3) is 3.33. The van der Waals surface area contributed by atoms with Crippen LogP contribution in [0.3, 0.4) is 0 Å². The molecule has 0 spiro atoms. The van der Waals surface area contributed by atoms with E-state index in [0.29, 0.717) is 9.82 Å². The molecule has 120 valence electrons. The molecule has 0 atom stereocenters. The van der Waals surface area contributed by atoms with Gasteiger partial charge in [0.15, 0.2) is 0 Å². The number of nitrogens with zero attached hydrogens (tertiary/aromatic N) is 2. The lowest BCUT2D eigenvalue weighted by molar-refractivity contribution is 0.596. The highest BCUT2D eigenvalue weighted by molar-refractivity contribution is 7.98. The number of sulfonamides is 1. The Morgan fingerprint density at radius 3 is 2.52 bits per heavy atom. The molecule has 0 saturated heterocycles. The largest absolute Gasteiger partial charge is 0.319 e. The Bertz CT molecular complexity index is 1030. The van der Waals surface area contributed by atoms with E-state index in [-0.39, 0.29) is 4.90 Å². The van der Waals surface area contributed by atoms with E-state index in [1.165, 1.54) is 23.5 Å². The van der Waals surface area contributed by atoms with Crippen molar-refractivity contribution < 1.29 is 8.42 Å². The summed E-state index contributed by atoms with van der Waals surface area (Å²) in [5.74, 6) is 0. The van der Waals surface area contributed by atoms with Gasteiger partial charge in [-0.25, -0.2) is 0 Å². The summed E-state index contributed by atoms with van der Waals surface area (Å²) in [5, 5.41) is 0.487. The van der Waals surface area contributed by atoms with Crippen molar-refractivity contribution in [1.29, 1.82) is 0 Å². The summed E-state index contributed by atoms with van der Waals surface area (Å²) >= 11 is 8.80. The highest BCUT2D eigenvalue weighted by Gasteiger charge is 2.14. The number of hydrogen-bond donors (Lipinski definition) is 0. The number of halogens is 1. The third-order valence-electron chi connectivity index (χ3n) is 3.33. The number of rotatable bonds is 3. The normalized spacial score (nSPS) is 12.9. The minimum Gasteiger partial charge on any atom is -0.319 e. The molecule has 0 bridgehead atoms.